The van der Waals surface area contributed by atoms with Gasteiger partial charge in [0.1, 0.15) is 0 Å². The Balaban J connectivity index is 0.00000312. The van der Waals surface area contributed by atoms with Crippen LogP contribution >= 0.6 is 0 Å². The molecule has 1 fully saturated rings. The molecule has 1 N–H and O–H groups in total. The number of carboxylic acids is 1. The Morgan fingerprint density at radius 2 is 1.96 bits per heavy atom. The Morgan fingerprint density at radius 3 is 2.52 bits per heavy atom. The van der Waals surface area contributed by atoms with Gasteiger partial charge in [-0.05, 0) is 18.1 Å². The summed E-state index contributed by atoms with van der Waals surface area (Å²) >= 11 is 0. The predicted octanol–water partition coefficient (Wildman–Crippen LogP) is -2.72. The first-order valence-corrected chi connectivity index (χ1v) is 7.77. The minimum Gasteiger partial charge on any atom is -0.548 e. The van der Waals surface area contributed by atoms with Crippen molar-refractivity contribution in [2.45, 2.75) is 38.1 Å². The van der Waals surface area contributed by atoms with Crippen LogP contribution in [0.5, 0.6) is 0 Å². The first kappa shape index (κ1) is 22.6. The van der Waals surface area contributed by atoms with E-state index in [1.54, 1.807) is 7.11 Å². The van der Waals surface area contributed by atoms with Crippen molar-refractivity contribution in [3.8, 4) is 0 Å². The van der Waals surface area contributed by atoms with E-state index < -0.39 is 17.5 Å². The fraction of sp³-hybridized carbons (Fsp3) is 0.529. The van der Waals surface area contributed by atoms with Crippen LogP contribution in [0.3, 0.4) is 0 Å². The van der Waals surface area contributed by atoms with Gasteiger partial charge >= 0.3 is 57.4 Å². The minimum absolute atomic E-state index is 0. The van der Waals surface area contributed by atoms with Crippen LogP contribution < -0.4 is 61.8 Å². The van der Waals surface area contributed by atoms with Crippen LogP contribution in [0, 0.1) is 0 Å². The van der Waals surface area contributed by atoms with Crippen LogP contribution in [0.25, 0.3) is 0 Å². The summed E-state index contributed by atoms with van der Waals surface area (Å²) in [7, 11) is 3.11. The summed E-state index contributed by atoms with van der Waals surface area (Å²) in [5, 5.41) is 14.3. The molecule has 1 heterocycles. The quantitative estimate of drug-likeness (QED) is 0.546. The second kappa shape index (κ2) is 10.0. The third-order valence-corrected chi connectivity index (χ3v) is 4.47. The molecular formula is C17H23KN2O5. The zero-order valence-electron chi connectivity index (χ0n) is 15.2. The first-order valence-electron chi connectivity index (χ1n) is 7.77. The van der Waals surface area contributed by atoms with E-state index in [-0.39, 0.29) is 77.0 Å². The Hall–Kier alpha value is -0.484. The van der Waals surface area contributed by atoms with Crippen molar-refractivity contribution in [3.05, 3.63) is 35.4 Å². The molecule has 1 aliphatic rings. The average molecular weight is 374 g/mol. The molecular weight excluding hydrogens is 351 g/mol. The van der Waals surface area contributed by atoms with Gasteiger partial charge in [-0.25, -0.2) is 4.79 Å². The Morgan fingerprint density at radius 1 is 1.32 bits per heavy atom. The van der Waals surface area contributed by atoms with Gasteiger partial charge in [0.25, 0.3) is 0 Å². The van der Waals surface area contributed by atoms with Crippen molar-refractivity contribution in [1.82, 2.24) is 10.2 Å². The summed E-state index contributed by atoms with van der Waals surface area (Å²) in [6.07, 6.45) is -0.112. The molecule has 7 nitrogen and oxygen atoms in total. The molecule has 2 amide bonds. The van der Waals surface area contributed by atoms with E-state index in [9.17, 15) is 14.7 Å². The molecule has 1 aliphatic heterocycles. The van der Waals surface area contributed by atoms with E-state index in [0.717, 1.165) is 11.1 Å². The molecule has 1 aromatic rings. The van der Waals surface area contributed by atoms with Crippen LogP contribution in [-0.4, -0.2) is 49.3 Å². The van der Waals surface area contributed by atoms with E-state index >= 15 is 0 Å². The number of carboxylic acid groups (broad SMARTS) is 1. The minimum atomic E-state index is -1.38. The van der Waals surface area contributed by atoms with Crippen LogP contribution in [0.4, 0.5) is 4.79 Å². The zero-order chi connectivity index (χ0) is 17.7. The maximum atomic E-state index is 12.5. The number of aliphatic carboxylic acids is 1. The SMILES string of the molecule is COCc1ccccc1CNC(=O)N1CC(OC)CC1(C)C(=O)[O-].[K+]. The molecule has 25 heavy (non-hydrogen) atoms. The number of hydrogen-bond acceptors (Lipinski definition) is 5. The van der Waals surface area contributed by atoms with Gasteiger partial charge in [0.15, 0.2) is 0 Å². The molecule has 1 saturated heterocycles. The summed E-state index contributed by atoms with van der Waals surface area (Å²) in [6, 6.07) is 7.15. The maximum Gasteiger partial charge on any atom is 1.00 e. The van der Waals surface area contributed by atoms with Crippen LogP contribution in [0.15, 0.2) is 24.3 Å². The third kappa shape index (κ3) is 5.26. The first-order chi connectivity index (χ1) is 11.4. The molecule has 0 aliphatic carbocycles. The van der Waals surface area contributed by atoms with Crippen LogP contribution in [-0.2, 0) is 27.4 Å². The average Bonchev–Trinajstić information content (AvgIpc) is 2.92. The maximum absolute atomic E-state index is 12.5. The molecule has 0 saturated carbocycles. The van der Waals surface area contributed by atoms with Gasteiger partial charge in [-0.15, -0.1) is 0 Å². The molecule has 2 unspecified atom stereocenters. The number of ether oxygens (including phenoxy) is 2. The van der Waals surface area contributed by atoms with Crippen molar-refractivity contribution in [2.24, 2.45) is 0 Å². The molecule has 0 bridgehead atoms. The third-order valence-electron chi connectivity index (χ3n) is 4.47. The number of likely N-dealkylation sites (tertiary alicyclic amines) is 1. The standard InChI is InChI=1S/C17H24N2O5.K/c1-17(15(20)21)8-14(24-3)10-19(17)16(22)18-9-12-6-4-5-7-13(12)11-23-2;/h4-7,14H,8-11H2,1-3H3,(H,18,22)(H,20,21);/q;+1/p-1. The number of methoxy groups -OCH3 is 2. The van der Waals surface area contributed by atoms with Crippen molar-refractivity contribution < 1.29 is 75.6 Å². The van der Waals surface area contributed by atoms with Crippen LogP contribution in [0.1, 0.15) is 24.5 Å². The van der Waals surface area contributed by atoms with Crippen molar-refractivity contribution >= 4 is 12.0 Å². The van der Waals surface area contributed by atoms with Crippen LogP contribution in [0.2, 0.25) is 0 Å². The molecule has 0 radical (unpaired) electrons. The van der Waals surface area contributed by atoms with E-state index in [0.29, 0.717) is 6.61 Å². The van der Waals surface area contributed by atoms with E-state index in [1.165, 1.54) is 18.9 Å². The van der Waals surface area contributed by atoms with Crippen molar-refractivity contribution in [1.29, 1.82) is 0 Å². The number of nitrogens with one attached hydrogen (secondary N) is 1. The fourth-order valence-electron chi connectivity index (χ4n) is 2.97. The number of urea groups is 1. The summed E-state index contributed by atoms with van der Waals surface area (Å²) in [5.74, 6) is -1.28. The molecule has 0 aromatic heterocycles. The molecule has 2 atom stereocenters. The number of benzene rings is 1. The van der Waals surface area contributed by atoms with Gasteiger partial charge < -0.3 is 29.6 Å². The number of carbonyl (C=O) groups excluding carboxylic acids is 2. The van der Waals surface area contributed by atoms with E-state index in [2.05, 4.69) is 5.32 Å². The fourth-order valence-corrected chi connectivity index (χ4v) is 2.97. The van der Waals surface area contributed by atoms with E-state index in [4.69, 9.17) is 9.47 Å². The molecule has 2 rings (SSSR count). The number of amides is 2. The number of hydrogen-bond donors (Lipinski definition) is 1. The largest absolute Gasteiger partial charge is 1.00 e. The van der Waals surface area contributed by atoms with Gasteiger partial charge in [-0.3, -0.25) is 0 Å². The van der Waals surface area contributed by atoms with Gasteiger partial charge in [0.2, 0.25) is 0 Å². The normalized spacial score (nSPS) is 22.4. The smallest absolute Gasteiger partial charge is 0.548 e. The van der Waals surface area contributed by atoms with Gasteiger partial charge in [0, 0.05) is 33.7 Å². The second-order valence-corrected chi connectivity index (χ2v) is 6.09. The van der Waals surface area contributed by atoms with Crippen molar-refractivity contribution in [3.63, 3.8) is 0 Å². The Kier molecular flexibility index (Phi) is 9.03. The van der Waals surface area contributed by atoms with E-state index in [1.807, 2.05) is 24.3 Å². The topological polar surface area (TPSA) is 90.9 Å². The van der Waals surface area contributed by atoms with Gasteiger partial charge in [-0.2, -0.15) is 0 Å². The number of nitrogens with zero attached hydrogens (tertiary/aromatic N) is 1. The van der Waals surface area contributed by atoms with Gasteiger partial charge in [0.05, 0.1) is 24.2 Å². The van der Waals surface area contributed by atoms with Crippen molar-refractivity contribution in [2.75, 3.05) is 20.8 Å². The molecule has 8 heteroatoms. The van der Waals surface area contributed by atoms with Gasteiger partial charge in [-0.1, -0.05) is 24.3 Å². The number of carbonyl (C=O) groups is 2. The number of rotatable bonds is 6. The second-order valence-electron chi connectivity index (χ2n) is 6.09. The molecule has 0 spiro atoms. The summed E-state index contributed by atoms with van der Waals surface area (Å²) in [5.41, 5.74) is 0.515. The summed E-state index contributed by atoms with van der Waals surface area (Å²) in [6.45, 7) is 2.43. The molecule has 132 valence electrons. The summed E-state index contributed by atoms with van der Waals surface area (Å²) < 4.78 is 10.4. The Labute approximate surface area is 190 Å². The monoisotopic (exact) mass is 374 g/mol. The zero-order valence-corrected chi connectivity index (χ0v) is 18.3. The molecule has 1 aromatic carbocycles. The Bertz CT molecular complexity index is 612. The summed E-state index contributed by atoms with van der Waals surface area (Å²) in [4.78, 5) is 25.3. The predicted molar refractivity (Wildman–Crippen MR) is 84.9 cm³/mol.